The summed E-state index contributed by atoms with van der Waals surface area (Å²) < 4.78 is 5.54. The van der Waals surface area contributed by atoms with Crippen molar-refractivity contribution in [2.45, 2.75) is 52.1 Å². The highest BCUT2D eigenvalue weighted by atomic mass is 16.6. The minimum Gasteiger partial charge on any atom is -0.470 e. The van der Waals surface area contributed by atoms with Crippen LogP contribution in [-0.4, -0.2) is 16.0 Å². The van der Waals surface area contributed by atoms with Crippen LogP contribution in [0.5, 0.6) is 5.88 Å². The zero-order chi connectivity index (χ0) is 14.3. The van der Waals surface area contributed by atoms with E-state index in [0.717, 1.165) is 19.3 Å². The van der Waals surface area contributed by atoms with Crippen molar-refractivity contribution in [1.29, 1.82) is 0 Å². The van der Waals surface area contributed by atoms with Gasteiger partial charge in [-0.25, -0.2) is 0 Å². The predicted octanol–water partition coefficient (Wildman–Crippen LogP) is 3.31. The van der Waals surface area contributed by atoms with Crippen LogP contribution in [0.3, 0.4) is 0 Å². The van der Waals surface area contributed by atoms with Crippen molar-refractivity contribution in [2.75, 3.05) is 5.73 Å². The molecule has 0 aliphatic heterocycles. The van der Waals surface area contributed by atoms with E-state index >= 15 is 0 Å². The molecule has 0 amide bonds. The van der Waals surface area contributed by atoms with Gasteiger partial charge in [-0.05, 0) is 25.8 Å². The lowest BCUT2D eigenvalue weighted by atomic mass is 10.1. The molecule has 0 bridgehead atoms. The molecule has 19 heavy (non-hydrogen) atoms. The highest BCUT2D eigenvalue weighted by Gasteiger charge is 2.19. The van der Waals surface area contributed by atoms with E-state index in [1.165, 1.54) is 25.0 Å². The summed E-state index contributed by atoms with van der Waals surface area (Å²) in [7, 11) is 0. The molecular formula is C13H21N3O3. The van der Waals surface area contributed by atoms with Gasteiger partial charge in [0.25, 0.3) is 5.88 Å². The van der Waals surface area contributed by atoms with Gasteiger partial charge in [-0.2, -0.15) is 4.98 Å². The molecule has 0 spiro atoms. The van der Waals surface area contributed by atoms with E-state index in [4.69, 9.17) is 10.5 Å². The fourth-order valence-corrected chi connectivity index (χ4v) is 1.78. The Bertz CT molecular complexity index is 424. The van der Waals surface area contributed by atoms with Crippen molar-refractivity contribution in [3.8, 4) is 5.88 Å². The van der Waals surface area contributed by atoms with Gasteiger partial charge in [0, 0.05) is 6.07 Å². The first-order valence-corrected chi connectivity index (χ1v) is 6.62. The summed E-state index contributed by atoms with van der Waals surface area (Å²) in [6, 6.07) is 2.72. The molecule has 0 saturated heterocycles. The summed E-state index contributed by atoms with van der Waals surface area (Å²) >= 11 is 0. The van der Waals surface area contributed by atoms with Crippen LogP contribution in [0.2, 0.25) is 0 Å². The Morgan fingerprint density at radius 2 is 2.16 bits per heavy atom. The highest BCUT2D eigenvalue weighted by Crippen LogP contribution is 2.26. The van der Waals surface area contributed by atoms with E-state index in [2.05, 4.69) is 11.9 Å². The van der Waals surface area contributed by atoms with Crippen molar-refractivity contribution >= 4 is 11.5 Å². The molecular weight excluding hydrogens is 246 g/mol. The molecule has 6 nitrogen and oxygen atoms in total. The first kappa shape index (κ1) is 15.2. The van der Waals surface area contributed by atoms with Crippen LogP contribution in [0.25, 0.3) is 0 Å². The van der Waals surface area contributed by atoms with E-state index < -0.39 is 4.92 Å². The van der Waals surface area contributed by atoms with Gasteiger partial charge in [0.05, 0.1) is 11.0 Å². The molecule has 0 aliphatic carbocycles. The van der Waals surface area contributed by atoms with Crippen LogP contribution in [0.15, 0.2) is 12.1 Å². The van der Waals surface area contributed by atoms with Crippen LogP contribution in [0.4, 0.5) is 11.5 Å². The number of nitro groups is 1. The van der Waals surface area contributed by atoms with E-state index in [0.29, 0.717) is 0 Å². The Labute approximate surface area is 113 Å². The second-order valence-corrected chi connectivity index (χ2v) is 4.60. The quantitative estimate of drug-likeness (QED) is 0.443. The summed E-state index contributed by atoms with van der Waals surface area (Å²) in [5, 5.41) is 10.9. The molecule has 0 aromatic carbocycles. The average molecular weight is 267 g/mol. The Balaban J connectivity index is 2.60. The normalized spacial score (nSPS) is 12.1. The number of nitrogens with zero attached hydrogens (tertiary/aromatic N) is 2. The summed E-state index contributed by atoms with van der Waals surface area (Å²) in [5.74, 6) is 0.228. The second kappa shape index (κ2) is 7.56. The lowest BCUT2D eigenvalue weighted by molar-refractivity contribution is -0.386. The Morgan fingerprint density at radius 3 is 2.79 bits per heavy atom. The first-order valence-electron chi connectivity index (χ1n) is 6.62. The summed E-state index contributed by atoms with van der Waals surface area (Å²) in [5.41, 5.74) is 5.39. The molecule has 0 fully saturated rings. The Kier molecular flexibility index (Phi) is 6.05. The van der Waals surface area contributed by atoms with Crippen LogP contribution in [-0.2, 0) is 0 Å². The van der Waals surface area contributed by atoms with Gasteiger partial charge in [-0.3, -0.25) is 10.1 Å². The highest BCUT2D eigenvalue weighted by molar-refractivity contribution is 5.46. The van der Waals surface area contributed by atoms with Gasteiger partial charge >= 0.3 is 5.69 Å². The van der Waals surface area contributed by atoms with E-state index in [1.54, 1.807) is 0 Å². The lowest BCUT2D eigenvalue weighted by Gasteiger charge is -2.13. The molecule has 1 aromatic rings. The van der Waals surface area contributed by atoms with Crippen LogP contribution in [0.1, 0.15) is 46.0 Å². The van der Waals surface area contributed by atoms with Gasteiger partial charge in [-0.1, -0.05) is 26.2 Å². The number of ether oxygens (including phenoxy) is 1. The first-order chi connectivity index (χ1) is 9.04. The lowest BCUT2D eigenvalue weighted by Crippen LogP contribution is -2.14. The number of hydrogen-bond acceptors (Lipinski definition) is 5. The molecule has 0 aliphatic rings. The van der Waals surface area contributed by atoms with Crippen molar-refractivity contribution < 1.29 is 9.66 Å². The molecule has 6 heteroatoms. The molecule has 0 radical (unpaired) electrons. The third-order valence-electron chi connectivity index (χ3n) is 2.84. The number of aromatic nitrogens is 1. The smallest absolute Gasteiger partial charge is 0.331 e. The maximum absolute atomic E-state index is 10.9. The zero-order valence-electron chi connectivity index (χ0n) is 11.5. The maximum atomic E-state index is 10.9. The van der Waals surface area contributed by atoms with E-state index in [9.17, 15) is 10.1 Å². The zero-order valence-corrected chi connectivity index (χ0v) is 11.5. The van der Waals surface area contributed by atoms with Gasteiger partial charge in [-0.15, -0.1) is 0 Å². The van der Waals surface area contributed by atoms with Gasteiger partial charge in [0.15, 0.2) is 0 Å². The largest absolute Gasteiger partial charge is 0.470 e. The number of anilines is 1. The van der Waals surface area contributed by atoms with E-state index in [1.807, 2.05) is 6.92 Å². The third-order valence-corrected chi connectivity index (χ3v) is 2.84. The molecule has 1 rings (SSSR count). The summed E-state index contributed by atoms with van der Waals surface area (Å²) in [4.78, 5) is 14.2. The third kappa shape index (κ3) is 5.11. The summed E-state index contributed by atoms with van der Waals surface area (Å²) in [6.07, 6.45) is 5.32. The summed E-state index contributed by atoms with van der Waals surface area (Å²) in [6.45, 7) is 4.04. The number of nitrogen functional groups attached to an aromatic ring is 1. The standard InChI is InChI=1S/C13H21N3O3/c1-3-4-5-6-7-10(2)19-13-11(16(17)18)8-9-12(14)15-13/h8-10H,3-7H2,1-2H3,(H2,14,15). The number of pyridine rings is 1. The van der Waals surface area contributed by atoms with Crippen LogP contribution < -0.4 is 10.5 Å². The van der Waals surface area contributed by atoms with E-state index in [-0.39, 0.29) is 23.5 Å². The van der Waals surface area contributed by atoms with Gasteiger partial charge < -0.3 is 10.5 Å². The number of unbranched alkanes of at least 4 members (excludes halogenated alkanes) is 3. The van der Waals surface area contributed by atoms with Crippen molar-refractivity contribution in [1.82, 2.24) is 4.98 Å². The number of hydrogen-bond donors (Lipinski definition) is 1. The minimum atomic E-state index is -0.508. The average Bonchev–Trinajstić information content (AvgIpc) is 2.34. The molecule has 1 heterocycles. The SMILES string of the molecule is CCCCCCC(C)Oc1nc(N)ccc1[N+](=O)[O-]. The molecule has 1 unspecified atom stereocenters. The fraction of sp³-hybridized carbons (Fsp3) is 0.615. The minimum absolute atomic E-state index is 0.00740. The van der Waals surface area contributed by atoms with Gasteiger partial charge in [0.1, 0.15) is 5.82 Å². The fourth-order valence-electron chi connectivity index (χ4n) is 1.78. The number of nitrogens with two attached hydrogens (primary N) is 1. The Hall–Kier alpha value is -1.85. The molecule has 106 valence electrons. The van der Waals surface area contributed by atoms with Crippen molar-refractivity contribution in [2.24, 2.45) is 0 Å². The van der Waals surface area contributed by atoms with Crippen molar-refractivity contribution in [3.63, 3.8) is 0 Å². The van der Waals surface area contributed by atoms with Crippen molar-refractivity contribution in [3.05, 3.63) is 22.2 Å². The molecule has 1 aromatic heterocycles. The number of rotatable bonds is 8. The monoisotopic (exact) mass is 267 g/mol. The van der Waals surface area contributed by atoms with Crippen LogP contribution >= 0.6 is 0 Å². The molecule has 2 N–H and O–H groups in total. The molecule has 1 atom stereocenters. The predicted molar refractivity (Wildman–Crippen MR) is 74.2 cm³/mol. The van der Waals surface area contributed by atoms with Crippen LogP contribution in [0, 0.1) is 10.1 Å². The molecule has 0 saturated carbocycles. The Morgan fingerprint density at radius 1 is 1.42 bits per heavy atom. The maximum Gasteiger partial charge on any atom is 0.331 e. The topological polar surface area (TPSA) is 91.3 Å². The second-order valence-electron chi connectivity index (χ2n) is 4.60. The van der Waals surface area contributed by atoms with Gasteiger partial charge in [0.2, 0.25) is 0 Å².